The topological polar surface area (TPSA) is 12.0 Å². The van der Waals surface area contributed by atoms with Gasteiger partial charge in [-0.1, -0.05) is 64.7 Å². The molecule has 1 nitrogen and oxygen atoms in total. The molecule has 0 atom stereocenters. The Hall–Kier alpha value is -0.0400. The van der Waals surface area contributed by atoms with E-state index >= 15 is 0 Å². The molecule has 0 spiro atoms. The van der Waals surface area contributed by atoms with Gasteiger partial charge < -0.3 is 5.32 Å². The van der Waals surface area contributed by atoms with E-state index in [1.807, 2.05) is 0 Å². The third kappa shape index (κ3) is 7.27. The van der Waals surface area contributed by atoms with Crippen molar-refractivity contribution in [1.82, 2.24) is 5.32 Å². The van der Waals surface area contributed by atoms with Gasteiger partial charge >= 0.3 is 0 Å². The minimum atomic E-state index is 1.09. The van der Waals surface area contributed by atoms with Gasteiger partial charge in [-0.25, -0.2) is 0 Å². The van der Waals surface area contributed by atoms with Crippen molar-refractivity contribution in [1.29, 1.82) is 0 Å². The Morgan fingerprint density at radius 2 is 1.62 bits per heavy atom. The second kappa shape index (κ2) is 10.1. The van der Waals surface area contributed by atoms with Crippen LogP contribution >= 0.6 is 0 Å². The van der Waals surface area contributed by atoms with E-state index in [4.69, 9.17) is 0 Å². The summed E-state index contributed by atoms with van der Waals surface area (Å²) in [5, 5.41) is 3.48. The first-order valence-electron chi connectivity index (χ1n) is 7.64. The van der Waals surface area contributed by atoms with Crippen LogP contribution in [0.25, 0.3) is 0 Å². The molecule has 1 aliphatic carbocycles. The maximum Gasteiger partial charge on any atom is -0.00489 e. The maximum absolute atomic E-state index is 3.48. The largest absolute Gasteiger partial charge is 0.317 e. The van der Waals surface area contributed by atoms with Gasteiger partial charge in [-0.15, -0.1) is 0 Å². The zero-order valence-electron chi connectivity index (χ0n) is 11.3. The molecular weight excluding hydrogens is 194 g/mol. The summed E-state index contributed by atoms with van der Waals surface area (Å²) in [6, 6.07) is 0. The van der Waals surface area contributed by atoms with Crippen molar-refractivity contribution in [2.45, 2.75) is 77.6 Å². The third-order valence-corrected chi connectivity index (χ3v) is 3.87. The van der Waals surface area contributed by atoms with Crippen molar-refractivity contribution in [2.75, 3.05) is 13.1 Å². The predicted octanol–water partition coefficient (Wildman–Crippen LogP) is 4.52. The molecule has 0 bridgehead atoms. The molecule has 0 amide bonds. The minimum Gasteiger partial charge on any atom is -0.317 e. The van der Waals surface area contributed by atoms with Gasteiger partial charge in [0.15, 0.2) is 0 Å². The molecule has 0 aliphatic heterocycles. The fourth-order valence-corrected chi connectivity index (χ4v) is 2.81. The number of rotatable bonds is 9. The molecule has 0 aromatic heterocycles. The van der Waals surface area contributed by atoms with Crippen LogP contribution in [0.1, 0.15) is 77.6 Å². The van der Waals surface area contributed by atoms with Crippen LogP contribution in [0.5, 0.6) is 0 Å². The van der Waals surface area contributed by atoms with Gasteiger partial charge in [-0.05, 0) is 31.8 Å². The third-order valence-electron chi connectivity index (χ3n) is 3.87. The van der Waals surface area contributed by atoms with Crippen molar-refractivity contribution in [3.05, 3.63) is 0 Å². The van der Waals surface area contributed by atoms with E-state index in [2.05, 4.69) is 12.2 Å². The second-order valence-corrected chi connectivity index (χ2v) is 5.46. The predicted molar refractivity (Wildman–Crippen MR) is 72.8 cm³/mol. The van der Waals surface area contributed by atoms with Gasteiger partial charge in [0.2, 0.25) is 0 Å². The summed E-state index contributed by atoms with van der Waals surface area (Å²) in [5.41, 5.74) is 0. The molecule has 0 heterocycles. The van der Waals surface area contributed by atoms with Crippen LogP contribution in [0.3, 0.4) is 0 Å². The molecular formula is C15H31N. The SMILES string of the molecule is CCCNCCCCCCC1CCCCC1. The number of nitrogens with one attached hydrogen (secondary N) is 1. The van der Waals surface area contributed by atoms with Crippen molar-refractivity contribution in [3.8, 4) is 0 Å². The Morgan fingerprint density at radius 1 is 0.875 bits per heavy atom. The van der Waals surface area contributed by atoms with Crippen LogP contribution in [-0.4, -0.2) is 13.1 Å². The molecule has 0 aromatic carbocycles. The molecule has 1 N–H and O–H groups in total. The molecule has 1 heteroatoms. The lowest BCUT2D eigenvalue weighted by atomic mass is 9.85. The first-order valence-corrected chi connectivity index (χ1v) is 7.64. The smallest absolute Gasteiger partial charge is 0.00489 e. The number of unbranched alkanes of at least 4 members (excludes halogenated alkanes) is 3. The van der Waals surface area contributed by atoms with Gasteiger partial charge in [0.05, 0.1) is 0 Å². The highest BCUT2D eigenvalue weighted by atomic mass is 14.8. The summed E-state index contributed by atoms with van der Waals surface area (Å²) in [6.07, 6.45) is 16.1. The fourth-order valence-electron chi connectivity index (χ4n) is 2.81. The van der Waals surface area contributed by atoms with Crippen LogP contribution in [-0.2, 0) is 0 Å². The standard InChI is InChI=1S/C15H31N/c1-2-13-16-14-9-4-3-6-10-15-11-7-5-8-12-15/h15-16H,2-14H2,1H3. The Balaban J connectivity index is 1.77. The van der Waals surface area contributed by atoms with Crippen LogP contribution in [0, 0.1) is 5.92 Å². The summed E-state index contributed by atoms with van der Waals surface area (Å²) in [5.74, 6) is 1.09. The van der Waals surface area contributed by atoms with E-state index in [9.17, 15) is 0 Å². The molecule has 16 heavy (non-hydrogen) atoms. The molecule has 0 saturated heterocycles. The monoisotopic (exact) mass is 225 g/mol. The molecule has 1 rings (SSSR count). The Labute approximate surface area is 102 Å². The highest BCUT2D eigenvalue weighted by Crippen LogP contribution is 2.27. The lowest BCUT2D eigenvalue weighted by Crippen LogP contribution is -2.15. The highest BCUT2D eigenvalue weighted by Gasteiger charge is 2.12. The number of hydrogen-bond donors (Lipinski definition) is 1. The summed E-state index contributed by atoms with van der Waals surface area (Å²) in [6.45, 7) is 4.66. The molecule has 0 unspecified atom stereocenters. The molecule has 1 aliphatic rings. The zero-order valence-corrected chi connectivity index (χ0v) is 11.3. The molecule has 1 fully saturated rings. The quantitative estimate of drug-likeness (QED) is 0.569. The van der Waals surface area contributed by atoms with E-state index in [1.54, 1.807) is 0 Å². The van der Waals surface area contributed by atoms with Crippen LogP contribution < -0.4 is 5.32 Å². The molecule has 96 valence electrons. The lowest BCUT2D eigenvalue weighted by molar-refractivity contribution is 0.328. The van der Waals surface area contributed by atoms with E-state index in [0.29, 0.717) is 0 Å². The fraction of sp³-hybridized carbons (Fsp3) is 1.00. The summed E-state index contributed by atoms with van der Waals surface area (Å²) >= 11 is 0. The van der Waals surface area contributed by atoms with Crippen molar-refractivity contribution in [3.63, 3.8) is 0 Å². The van der Waals surface area contributed by atoms with Crippen LogP contribution in [0.2, 0.25) is 0 Å². The highest BCUT2D eigenvalue weighted by molar-refractivity contribution is 4.65. The van der Waals surface area contributed by atoms with Crippen LogP contribution in [0.4, 0.5) is 0 Å². The minimum absolute atomic E-state index is 1.09. The first kappa shape index (κ1) is 14.0. The van der Waals surface area contributed by atoms with Crippen molar-refractivity contribution < 1.29 is 0 Å². The van der Waals surface area contributed by atoms with Gasteiger partial charge in [0.25, 0.3) is 0 Å². The average Bonchev–Trinajstić information content (AvgIpc) is 2.34. The lowest BCUT2D eigenvalue weighted by Gasteiger charge is -2.21. The average molecular weight is 225 g/mol. The Kier molecular flexibility index (Phi) is 8.88. The van der Waals surface area contributed by atoms with Gasteiger partial charge in [0.1, 0.15) is 0 Å². The van der Waals surface area contributed by atoms with Gasteiger partial charge in [-0.3, -0.25) is 0 Å². The zero-order chi connectivity index (χ0) is 11.5. The summed E-state index contributed by atoms with van der Waals surface area (Å²) < 4.78 is 0. The summed E-state index contributed by atoms with van der Waals surface area (Å²) in [4.78, 5) is 0. The van der Waals surface area contributed by atoms with Gasteiger partial charge in [-0.2, -0.15) is 0 Å². The molecule has 0 radical (unpaired) electrons. The Morgan fingerprint density at radius 3 is 2.38 bits per heavy atom. The van der Waals surface area contributed by atoms with E-state index < -0.39 is 0 Å². The van der Waals surface area contributed by atoms with Crippen molar-refractivity contribution >= 4 is 0 Å². The van der Waals surface area contributed by atoms with Gasteiger partial charge in [0, 0.05) is 0 Å². The maximum atomic E-state index is 3.48. The van der Waals surface area contributed by atoms with E-state index in [1.165, 1.54) is 83.7 Å². The van der Waals surface area contributed by atoms with E-state index in [0.717, 1.165) is 5.92 Å². The molecule has 0 aromatic rings. The number of hydrogen-bond acceptors (Lipinski definition) is 1. The van der Waals surface area contributed by atoms with E-state index in [-0.39, 0.29) is 0 Å². The first-order chi connectivity index (χ1) is 7.93. The molecule has 1 saturated carbocycles. The Bertz CT molecular complexity index is 138. The summed E-state index contributed by atoms with van der Waals surface area (Å²) in [7, 11) is 0. The normalized spacial score (nSPS) is 17.8. The van der Waals surface area contributed by atoms with Crippen molar-refractivity contribution in [2.24, 2.45) is 5.92 Å². The van der Waals surface area contributed by atoms with Crippen LogP contribution in [0.15, 0.2) is 0 Å². The second-order valence-electron chi connectivity index (χ2n) is 5.46.